The lowest BCUT2D eigenvalue weighted by atomic mass is 10.1. The average molecular weight is 251 g/mol. The highest BCUT2D eigenvalue weighted by Gasteiger charge is 2.26. The molecule has 0 saturated carbocycles. The van der Waals surface area contributed by atoms with Gasteiger partial charge < -0.3 is 5.32 Å². The molecule has 5 heteroatoms. The van der Waals surface area contributed by atoms with E-state index < -0.39 is 0 Å². The van der Waals surface area contributed by atoms with Gasteiger partial charge in [-0.2, -0.15) is 0 Å². The van der Waals surface area contributed by atoms with Gasteiger partial charge in [-0.1, -0.05) is 11.8 Å². The van der Waals surface area contributed by atoms with Crippen molar-refractivity contribution < 1.29 is 0 Å². The monoisotopic (exact) mass is 251 g/mol. The average Bonchev–Trinajstić information content (AvgIpc) is 2.62. The van der Waals surface area contributed by atoms with Crippen molar-refractivity contribution in [3.8, 4) is 0 Å². The Balaban J connectivity index is 2.41. The fourth-order valence-corrected chi connectivity index (χ4v) is 2.80. The number of aromatic nitrogens is 1. The summed E-state index contributed by atoms with van der Waals surface area (Å²) >= 11 is 1.63. The van der Waals surface area contributed by atoms with Crippen LogP contribution in [0.4, 0.5) is 5.69 Å². The standard InChI is InChI=1S/C12H17N3OS/c1-4-13-9-6-5-7-15(10(9)16)11-14-12(2,3)8-17-11/h5-7,13H,4,8H2,1-3H3. The van der Waals surface area contributed by atoms with Crippen molar-refractivity contribution in [2.24, 2.45) is 4.99 Å². The number of nitrogens with one attached hydrogen (secondary N) is 1. The van der Waals surface area contributed by atoms with Crippen LogP contribution in [-0.2, 0) is 0 Å². The van der Waals surface area contributed by atoms with Crippen molar-refractivity contribution >= 4 is 22.6 Å². The largest absolute Gasteiger partial charge is 0.381 e. The van der Waals surface area contributed by atoms with Gasteiger partial charge in [0.15, 0.2) is 5.17 Å². The van der Waals surface area contributed by atoms with Crippen molar-refractivity contribution in [1.29, 1.82) is 0 Å². The summed E-state index contributed by atoms with van der Waals surface area (Å²) in [5.41, 5.74) is 0.523. The third-order valence-electron chi connectivity index (χ3n) is 2.47. The second kappa shape index (κ2) is 4.56. The number of rotatable bonds is 2. The van der Waals surface area contributed by atoms with Gasteiger partial charge in [-0.05, 0) is 32.9 Å². The van der Waals surface area contributed by atoms with Crippen molar-refractivity contribution in [2.45, 2.75) is 26.3 Å². The minimum Gasteiger partial charge on any atom is -0.381 e. The lowest BCUT2D eigenvalue weighted by Gasteiger charge is -2.09. The summed E-state index contributed by atoms with van der Waals surface area (Å²) in [4.78, 5) is 16.7. The molecule has 0 fully saturated rings. The minimum absolute atomic E-state index is 0.0294. The van der Waals surface area contributed by atoms with E-state index in [4.69, 9.17) is 0 Å². The highest BCUT2D eigenvalue weighted by atomic mass is 32.2. The van der Waals surface area contributed by atoms with E-state index >= 15 is 0 Å². The van der Waals surface area contributed by atoms with Crippen molar-refractivity contribution in [3.63, 3.8) is 0 Å². The lowest BCUT2D eigenvalue weighted by Crippen LogP contribution is -2.26. The number of aliphatic imine (C=N–C) groups is 1. The van der Waals surface area contributed by atoms with Gasteiger partial charge in [0.05, 0.1) is 5.54 Å². The van der Waals surface area contributed by atoms with Gasteiger partial charge in [-0.3, -0.25) is 14.4 Å². The Hall–Kier alpha value is -1.23. The van der Waals surface area contributed by atoms with Crippen LogP contribution >= 0.6 is 11.8 Å². The summed E-state index contributed by atoms with van der Waals surface area (Å²) in [5, 5.41) is 3.85. The SMILES string of the molecule is CCNc1cccn(C2=NC(C)(C)CS2)c1=O. The lowest BCUT2D eigenvalue weighted by molar-refractivity contribution is 0.603. The van der Waals surface area contributed by atoms with Crippen LogP contribution in [0.15, 0.2) is 28.1 Å². The van der Waals surface area contributed by atoms with Crippen molar-refractivity contribution in [1.82, 2.24) is 4.57 Å². The Bertz CT molecular complexity index is 505. The number of nitrogens with zero attached hydrogens (tertiary/aromatic N) is 2. The molecule has 1 aliphatic rings. The molecule has 0 amide bonds. The molecule has 1 N–H and O–H groups in total. The van der Waals surface area contributed by atoms with Crippen molar-refractivity contribution in [3.05, 3.63) is 28.7 Å². The van der Waals surface area contributed by atoms with Crippen LogP contribution in [0, 0.1) is 0 Å². The van der Waals surface area contributed by atoms with E-state index in [1.807, 2.05) is 13.0 Å². The van der Waals surface area contributed by atoms with Crippen molar-refractivity contribution in [2.75, 3.05) is 17.6 Å². The van der Waals surface area contributed by atoms with Gasteiger partial charge in [0, 0.05) is 18.5 Å². The van der Waals surface area contributed by atoms with E-state index in [0.717, 1.165) is 17.5 Å². The Morgan fingerprint density at radius 2 is 2.35 bits per heavy atom. The van der Waals surface area contributed by atoms with Gasteiger partial charge in [-0.15, -0.1) is 0 Å². The number of hydrogen-bond acceptors (Lipinski definition) is 4. The topological polar surface area (TPSA) is 46.4 Å². The van der Waals surface area contributed by atoms with Gasteiger partial charge in [-0.25, -0.2) is 0 Å². The molecule has 92 valence electrons. The summed E-state index contributed by atoms with van der Waals surface area (Å²) in [6.45, 7) is 6.87. The van der Waals surface area contributed by atoms with Crippen LogP contribution in [0.5, 0.6) is 0 Å². The zero-order chi connectivity index (χ0) is 12.5. The summed E-state index contributed by atoms with van der Waals surface area (Å²) in [6, 6.07) is 3.67. The van der Waals surface area contributed by atoms with E-state index in [-0.39, 0.29) is 11.1 Å². The van der Waals surface area contributed by atoms with Gasteiger partial charge in [0.1, 0.15) is 5.69 Å². The first kappa shape index (κ1) is 12.2. The van der Waals surface area contributed by atoms with Gasteiger partial charge in [0.25, 0.3) is 5.56 Å². The first-order valence-electron chi connectivity index (χ1n) is 5.72. The van der Waals surface area contributed by atoms with E-state index in [0.29, 0.717) is 5.69 Å². The molecule has 1 aliphatic heterocycles. The molecule has 0 spiro atoms. The zero-order valence-corrected chi connectivity index (χ0v) is 11.2. The molecule has 0 radical (unpaired) electrons. The maximum absolute atomic E-state index is 12.2. The molecule has 2 rings (SSSR count). The molecular formula is C12H17N3OS. The molecule has 0 aromatic carbocycles. The second-order valence-electron chi connectivity index (χ2n) is 4.62. The number of pyridine rings is 1. The predicted octanol–water partition coefficient (Wildman–Crippen LogP) is 2.01. The molecule has 0 bridgehead atoms. The molecule has 0 aliphatic carbocycles. The third-order valence-corrected chi connectivity index (χ3v) is 3.87. The Morgan fingerprint density at radius 1 is 1.59 bits per heavy atom. The van der Waals surface area contributed by atoms with E-state index in [9.17, 15) is 4.79 Å². The van der Waals surface area contributed by atoms with Crippen LogP contribution in [0.1, 0.15) is 20.8 Å². The number of hydrogen-bond donors (Lipinski definition) is 1. The summed E-state index contributed by atoms with van der Waals surface area (Å²) in [7, 11) is 0. The first-order chi connectivity index (χ1) is 8.03. The van der Waals surface area contributed by atoms with Crippen LogP contribution in [-0.4, -0.2) is 27.6 Å². The fraction of sp³-hybridized carbons (Fsp3) is 0.500. The molecule has 0 unspecified atom stereocenters. The molecule has 0 saturated heterocycles. The fourth-order valence-electron chi connectivity index (χ4n) is 1.66. The van der Waals surface area contributed by atoms with Crippen LogP contribution in [0.2, 0.25) is 0 Å². The van der Waals surface area contributed by atoms with E-state index in [1.165, 1.54) is 0 Å². The molecule has 4 nitrogen and oxygen atoms in total. The summed E-state index contributed by atoms with van der Waals surface area (Å²) in [5.74, 6) is 0.917. The normalized spacial score (nSPS) is 17.9. The van der Waals surface area contributed by atoms with Crippen LogP contribution in [0.3, 0.4) is 0 Å². The highest BCUT2D eigenvalue weighted by molar-refractivity contribution is 8.14. The Labute approximate surface area is 105 Å². The van der Waals surface area contributed by atoms with Crippen LogP contribution in [0.25, 0.3) is 0 Å². The maximum Gasteiger partial charge on any atom is 0.279 e. The second-order valence-corrected chi connectivity index (χ2v) is 5.57. The van der Waals surface area contributed by atoms with Gasteiger partial charge in [0.2, 0.25) is 0 Å². The third kappa shape index (κ3) is 2.54. The predicted molar refractivity (Wildman–Crippen MR) is 74.2 cm³/mol. The van der Waals surface area contributed by atoms with Gasteiger partial charge >= 0.3 is 0 Å². The van der Waals surface area contributed by atoms with E-state index in [1.54, 1.807) is 28.6 Å². The molecular weight excluding hydrogens is 234 g/mol. The summed E-state index contributed by atoms with van der Waals surface area (Å²) < 4.78 is 1.62. The number of thioether (sulfide) groups is 1. The maximum atomic E-state index is 12.2. The van der Waals surface area contributed by atoms with Crippen LogP contribution < -0.4 is 10.9 Å². The quantitative estimate of drug-likeness (QED) is 0.874. The molecule has 17 heavy (non-hydrogen) atoms. The summed E-state index contributed by atoms with van der Waals surface area (Å²) in [6.07, 6.45) is 1.77. The molecule has 1 aromatic heterocycles. The minimum atomic E-state index is -0.0758. The smallest absolute Gasteiger partial charge is 0.279 e. The zero-order valence-electron chi connectivity index (χ0n) is 10.4. The Kier molecular flexibility index (Phi) is 3.28. The molecule has 1 aromatic rings. The first-order valence-corrected chi connectivity index (χ1v) is 6.70. The highest BCUT2D eigenvalue weighted by Crippen LogP contribution is 2.27. The van der Waals surface area contributed by atoms with E-state index in [2.05, 4.69) is 24.2 Å². The Morgan fingerprint density at radius 3 is 2.94 bits per heavy atom. The molecule has 0 atom stereocenters. The molecule has 2 heterocycles. The number of anilines is 1.